The van der Waals surface area contributed by atoms with Gasteiger partial charge >= 0.3 is 0 Å². The van der Waals surface area contributed by atoms with Crippen molar-refractivity contribution in [1.29, 1.82) is 0 Å². The van der Waals surface area contributed by atoms with Gasteiger partial charge in [0.1, 0.15) is 0 Å². The highest BCUT2D eigenvalue weighted by Gasteiger charge is 2.23. The lowest BCUT2D eigenvalue weighted by molar-refractivity contribution is -0.126. The molecule has 126 valence electrons. The Bertz CT molecular complexity index is 508. The van der Waals surface area contributed by atoms with Crippen molar-refractivity contribution < 1.29 is 4.79 Å². The van der Waals surface area contributed by atoms with Crippen LogP contribution in [0.2, 0.25) is 0 Å². The number of hydrogen-bond acceptors (Lipinski definition) is 3. The zero-order valence-electron chi connectivity index (χ0n) is 14.3. The monoisotopic (exact) mass is 315 g/mol. The van der Waals surface area contributed by atoms with Crippen LogP contribution in [-0.2, 0) is 11.3 Å². The van der Waals surface area contributed by atoms with Crippen LogP contribution in [0.25, 0.3) is 0 Å². The van der Waals surface area contributed by atoms with Gasteiger partial charge in [0.05, 0.1) is 5.92 Å². The molecule has 23 heavy (non-hydrogen) atoms. The molecule has 4 nitrogen and oxygen atoms in total. The van der Waals surface area contributed by atoms with Crippen LogP contribution in [0.1, 0.15) is 37.7 Å². The maximum atomic E-state index is 12.3. The minimum absolute atomic E-state index is 0.154. The van der Waals surface area contributed by atoms with E-state index in [1.54, 1.807) is 0 Å². The fourth-order valence-corrected chi connectivity index (χ4v) is 3.69. The molecule has 3 rings (SSSR count). The van der Waals surface area contributed by atoms with Crippen molar-refractivity contribution in [2.75, 3.05) is 38.1 Å². The van der Waals surface area contributed by atoms with E-state index in [2.05, 4.69) is 46.4 Å². The lowest BCUT2D eigenvalue weighted by Crippen LogP contribution is -2.41. The van der Waals surface area contributed by atoms with Crippen LogP contribution in [0.5, 0.6) is 0 Å². The molecule has 0 aromatic heterocycles. The summed E-state index contributed by atoms with van der Waals surface area (Å²) in [5, 5.41) is 3.11. The number of benzene rings is 1. The van der Waals surface area contributed by atoms with Crippen molar-refractivity contribution in [2.24, 2.45) is 5.92 Å². The summed E-state index contributed by atoms with van der Waals surface area (Å²) in [5.41, 5.74) is 2.50. The zero-order valence-corrected chi connectivity index (χ0v) is 14.3. The van der Waals surface area contributed by atoms with Gasteiger partial charge in [0, 0.05) is 31.9 Å². The number of carbonyl (C=O) groups excluding carboxylic acids is 1. The summed E-state index contributed by atoms with van der Waals surface area (Å²) >= 11 is 0. The van der Waals surface area contributed by atoms with Gasteiger partial charge in [-0.1, -0.05) is 12.1 Å². The van der Waals surface area contributed by atoms with E-state index in [1.807, 2.05) is 0 Å². The summed E-state index contributed by atoms with van der Waals surface area (Å²) in [6.07, 6.45) is 6.10. The first kappa shape index (κ1) is 16.3. The van der Waals surface area contributed by atoms with Gasteiger partial charge in [-0.15, -0.1) is 0 Å². The molecule has 0 spiro atoms. The maximum Gasteiger partial charge on any atom is 0.224 e. The van der Waals surface area contributed by atoms with Gasteiger partial charge in [-0.25, -0.2) is 0 Å². The van der Waals surface area contributed by atoms with Gasteiger partial charge in [0.15, 0.2) is 0 Å². The standard InChI is InChI=1S/C19H29N3O/c1-21-11-5-6-17(15-21)19(23)20-14-16-7-9-18(10-8-16)22-12-3-2-4-13-22/h7-10,17H,2-6,11-15H2,1H3,(H,20,23)/t17-/m0/s1. The lowest BCUT2D eigenvalue weighted by atomic mass is 9.97. The Hall–Kier alpha value is -1.55. The summed E-state index contributed by atoms with van der Waals surface area (Å²) in [5.74, 6) is 0.359. The average molecular weight is 315 g/mol. The molecule has 2 heterocycles. The third kappa shape index (κ3) is 4.47. The van der Waals surface area contributed by atoms with E-state index < -0.39 is 0 Å². The fourth-order valence-electron chi connectivity index (χ4n) is 3.69. The van der Waals surface area contributed by atoms with E-state index in [0.717, 1.165) is 25.9 Å². The Morgan fingerprint density at radius 3 is 2.52 bits per heavy atom. The molecule has 0 saturated carbocycles. The van der Waals surface area contributed by atoms with E-state index >= 15 is 0 Å². The molecule has 2 aliphatic rings. The number of nitrogens with one attached hydrogen (secondary N) is 1. The van der Waals surface area contributed by atoms with Gasteiger partial charge in [-0.3, -0.25) is 4.79 Å². The minimum atomic E-state index is 0.154. The second-order valence-corrected chi connectivity index (χ2v) is 7.03. The first-order valence-corrected chi connectivity index (χ1v) is 9.02. The third-order valence-corrected chi connectivity index (χ3v) is 5.12. The summed E-state index contributed by atoms with van der Waals surface area (Å²) in [7, 11) is 2.10. The summed E-state index contributed by atoms with van der Waals surface area (Å²) in [6.45, 7) is 4.98. The van der Waals surface area contributed by atoms with Crippen molar-refractivity contribution in [3.63, 3.8) is 0 Å². The van der Waals surface area contributed by atoms with Crippen LogP contribution in [0.4, 0.5) is 5.69 Å². The molecule has 4 heteroatoms. The number of nitrogens with zero attached hydrogens (tertiary/aromatic N) is 2. The smallest absolute Gasteiger partial charge is 0.224 e. The van der Waals surface area contributed by atoms with Gasteiger partial charge in [-0.05, 0) is 63.4 Å². The Balaban J connectivity index is 1.49. The van der Waals surface area contributed by atoms with E-state index in [9.17, 15) is 4.79 Å². The Morgan fingerprint density at radius 1 is 1.09 bits per heavy atom. The van der Waals surface area contributed by atoms with Gasteiger partial charge in [-0.2, -0.15) is 0 Å². The summed E-state index contributed by atoms with van der Waals surface area (Å²) in [4.78, 5) is 17.0. The Kier molecular flexibility index (Phi) is 5.55. The van der Waals surface area contributed by atoms with Crippen LogP contribution in [-0.4, -0.2) is 44.0 Å². The number of piperidine rings is 2. The van der Waals surface area contributed by atoms with Crippen molar-refractivity contribution in [3.8, 4) is 0 Å². The molecule has 0 unspecified atom stereocenters. The highest BCUT2D eigenvalue weighted by atomic mass is 16.1. The second-order valence-electron chi connectivity index (χ2n) is 7.03. The summed E-state index contributed by atoms with van der Waals surface area (Å²) in [6, 6.07) is 8.69. The SMILES string of the molecule is CN1CCC[C@H](C(=O)NCc2ccc(N3CCCCC3)cc2)C1. The minimum Gasteiger partial charge on any atom is -0.372 e. The Labute approximate surface area is 139 Å². The van der Waals surface area contributed by atoms with E-state index in [1.165, 1.54) is 43.6 Å². The number of carbonyl (C=O) groups is 1. The van der Waals surface area contributed by atoms with Crippen molar-refractivity contribution in [3.05, 3.63) is 29.8 Å². The van der Waals surface area contributed by atoms with Crippen molar-refractivity contribution in [1.82, 2.24) is 10.2 Å². The molecule has 1 aromatic rings. The Morgan fingerprint density at radius 2 is 1.83 bits per heavy atom. The van der Waals surface area contributed by atoms with Gasteiger partial charge < -0.3 is 15.1 Å². The molecule has 2 saturated heterocycles. The summed E-state index contributed by atoms with van der Waals surface area (Å²) < 4.78 is 0. The quantitative estimate of drug-likeness (QED) is 0.928. The number of anilines is 1. The molecular weight excluding hydrogens is 286 g/mol. The average Bonchev–Trinajstić information content (AvgIpc) is 2.61. The zero-order chi connectivity index (χ0) is 16.1. The first-order chi connectivity index (χ1) is 11.2. The number of likely N-dealkylation sites (tertiary alicyclic amines) is 1. The maximum absolute atomic E-state index is 12.3. The molecule has 0 aliphatic carbocycles. The molecule has 1 amide bonds. The number of hydrogen-bond donors (Lipinski definition) is 1. The topological polar surface area (TPSA) is 35.6 Å². The van der Waals surface area contributed by atoms with Crippen LogP contribution in [0.3, 0.4) is 0 Å². The van der Waals surface area contributed by atoms with Crippen LogP contribution in [0, 0.1) is 5.92 Å². The molecular formula is C19H29N3O. The normalized spacial score (nSPS) is 22.8. The molecule has 0 bridgehead atoms. The van der Waals surface area contributed by atoms with Gasteiger partial charge in [0.25, 0.3) is 0 Å². The molecule has 1 N–H and O–H groups in total. The molecule has 2 fully saturated rings. The highest BCUT2D eigenvalue weighted by Crippen LogP contribution is 2.20. The predicted octanol–water partition coefficient (Wildman–Crippen LogP) is 2.63. The predicted molar refractivity (Wildman–Crippen MR) is 94.6 cm³/mol. The second kappa shape index (κ2) is 7.82. The van der Waals surface area contributed by atoms with E-state index in [4.69, 9.17) is 0 Å². The van der Waals surface area contributed by atoms with Crippen LogP contribution >= 0.6 is 0 Å². The molecule has 0 radical (unpaired) electrons. The van der Waals surface area contributed by atoms with Crippen molar-refractivity contribution >= 4 is 11.6 Å². The van der Waals surface area contributed by atoms with Crippen LogP contribution < -0.4 is 10.2 Å². The molecule has 1 atom stereocenters. The fraction of sp³-hybridized carbons (Fsp3) is 0.632. The molecule has 2 aliphatic heterocycles. The van der Waals surface area contributed by atoms with Crippen molar-refractivity contribution in [2.45, 2.75) is 38.6 Å². The lowest BCUT2D eigenvalue weighted by Gasteiger charge is -2.29. The van der Waals surface area contributed by atoms with Gasteiger partial charge in [0.2, 0.25) is 5.91 Å². The largest absolute Gasteiger partial charge is 0.372 e. The number of rotatable bonds is 4. The number of amides is 1. The highest BCUT2D eigenvalue weighted by molar-refractivity contribution is 5.79. The first-order valence-electron chi connectivity index (χ1n) is 9.02. The third-order valence-electron chi connectivity index (χ3n) is 5.12. The van der Waals surface area contributed by atoms with E-state index in [-0.39, 0.29) is 11.8 Å². The van der Waals surface area contributed by atoms with Crippen LogP contribution in [0.15, 0.2) is 24.3 Å². The van der Waals surface area contributed by atoms with E-state index in [0.29, 0.717) is 6.54 Å². The molecule has 1 aromatic carbocycles.